The molecule has 0 spiro atoms. The van der Waals surface area contributed by atoms with Crippen LogP contribution >= 0.6 is 0 Å². The van der Waals surface area contributed by atoms with Gasteiger partial charge in [0, 0.05) is 37.8 Å². The highest BCUT2D eigenvalue weighted by molar-refractivity contribution is 5.79. The standard InChI is InChI=1S/C26H33N5O3/c1-19(2)15-22(32)18-31-26(21-5-4-6-23(16-21)33-3)28-25(29-31)24-8-7-20(17-27-24)9-10-30-11-13-34-14-12-30/h4-8,16-17,19H,9-15,18H2,1-3H3. The number of nitrogens with zero attached hydrogens (tertiary/aromatic N) is 5. The molecule has 8 nitrogen and oxygen atoms in total. The molecule has 1 aliphatic heterocycles. The summed E-state index contributed by atoms with van der Waals surface area (Å²) >= 11 is 0. The van der Waals surface area contributed by atoms with Crippen molar-refractivity contribution in [1.82, 2.24) is 24.6 Å². The lowest BCUT2D eigenvalue weighted by Crippen LogP contribution is -2.37. The first-order valence-electron chi connectivity index (χ1n) is 11.9. The van der Waals surface area contributed by atoms with Gasteiger partial charge in [-0.25, -0.2) is 9.67 Å². The van der Waals surface area contributed by atoms with E-state index in [4.69, 9.17) is 14.5 Å². The average Bonchev–Trinajstić information content (AvgIpc) is 3.26. The largest absolute Gasteiger partial charge is 0.497 e. The van der Waals surface area contributed by atoms with Crippen LogP contribution < -0.4 is 4.74 Å². The molecule has 34 heavy (non-hydrogen) atoms. The molecule has 0 atom stereocenters. The minimum absolute atomic E-state index is 0.127. The van der Waals surface area contributed by atoms with E-state index in [1.807, 2.05) is 50.4 Å². The van der Waals surface area contributed by atoms with Crippen LogP contribution in [0.1, 0.15) is 25.8 Å². The molecule has 1 fully saturated rings. The van der Waals surface area contributed by atoms with Gasteiger partial charge >= 0.3 is 0 Å². The fourth-order valence-corrected chi connectivity index (χ4v) is 4.04. The van der Waals surface area contributed by atoms with Gasteiger partial charge in [-0.05, 0) is 36.1 Å². The van der Waals surface area contributed by atoms with Gasteiger partial charge in [-0.2, -0.15) is 0 Å². The van der Waals surface area contributed by atoms with Crippen molar-refractivity contribution in [3.8, 4) is 28.7 Å². The molecule has 180 valence electrons. The highest BCUT2D eigenvalue weighted by Gasteiger charge is 2.18. The van der Waals surface area contributed by atoms with Crippen LogP contribution in [0.4, 0.5) is 0 Å². The number of rotatable bonds is 10. The number of carbonyl (C=O) groups is 1. The summed E-state index contributed by atoms with van der Waals surface area (Å²) < 4.78 is 12.5. The van der Waals surface area contributed by atoms with Crippen molar-refractivity contribution >= 4 is 5.78 Å². The first-order valence-corrected chi connectivity index (χ1v) is 11.9. The quantitative estimate of drug-likeness (QED) is 0.455. The maximum Gasteiger partial charge on any atom is 0.200 e. The van der Waals surface area contributed by atoms with Gasteiger partial charge in [-0.3, -0.25) is 14.7 Å². The van der Waals surface area contributed by atoms with Gasteiger partial charge in [0.1, 0.15) is 18.0 Å². The molecule has 0 amide bonds. The first-order chi connectivity index (χ1) is 16.5. The molecule has 3 heterocycles. The fourth-order valence-electron chi connectivity index (χ4n) is 4.04. The van der Waals surface area contributed by atoms with E-state index in [0.29, 0.717) is 29.7 Å². The number of hydrogen-bond acceptors (Lipinski definition) is 7. The average molecular weight is 464 g/mol. The number of ether oxygens (including phenoxy) is 2. The molecule has 0 aliphatic carbocycles. The van der Waals surface area contributed by atoms with Gasteiger partial charge in [-0.1, -0.05) is 32.0 Å². The Morgan fingerprint density at radius 2 is 2.00 bits per heavy atom. The third-order valence-corrected chi connectivity index (χ3v) is 5.84. The molecule has 0 unspecified atom stereocenters. The third kappa shape index (κ3) is 6.27. The molecule has 0 bridgehead atoms. The molecule has 0 saturated carbocycles. The minimum atomic E-state index is 0.127. The summed E-state index contributed by atoms with van der Waals surface area (Å²) in [6, 6.07) is 11.7. The van der Waals surface area contributed by atoms with Crippen LogP contribution in [0.25, 0.3) is 22.9 Å². The zero-order chi connectivity index (χ0) is 23.9. The summed E-state index contributed by atoms with van der Waals surface area (Å²) in [5.41, 5.74) is 2.71. The number of carbonyl (C=O) groups excluding carboxylic acids is 1. The predicted octanol–water partition coefficient (Wildman–Crippen LogP) is 3.51. The van der Waals surface area contributed by atoms with Crippen molar-refractivity contribution in [3.05, 3.63) is 48.2 Å². The Morgan fingerprint density at radius 3 is 2.71 bits per heavy atom. The van der Waals surface area contributed by atoms with E-state index in [2.05, 4.69) is 21.0 Å². The monoisotopic (exact) mass is 463 g/mol. The summed E-state index contributed by atoms with van der Waals surface area (Å²) in [5, 5.41) is 4.67. The Hall–Kier alpha value is -3.10. The van der Waals surface area contributed by atoms with Crippen LogP contribution in [0.15, 0.2) is 42.6 Å². The van der Waals surface area contributed by atoms with Gasteiger partial charge in [-0.15, -0.1) is 5.10 Å². The van der Waals surface area contributed by atoms with Crippen LogP contribution in [0.5, 0.6) is 5.75 Å². The van der Waals surface area contributed by atoms with Crippen LogP contribution in [0, 0.1) is 5.92 Å². The second-order valence-corrected chi connectivity index (χ2v) is 9.04. The maximum atomic E-state index is 12.6. The van der Waals surface area contributed by atoms with Gasteiger partial charge in [0.2, 0.25) is 0 Å². The molecule has 1 saturated heterocycles. The van der Waals surface area contributed by atoms with E-state index in [-0.39, 0.29) is 12.3 Å². The van der Waals surface area contributed by atoms with Crippen LogP contribution in [-0.2, 0) is 22.5 Å². The van der Waals surface area contributed by atoms with Crippen molar-refractivity contribution in [2.45, 2.75) is 33.2 Å². The van der Waals surface area contributed by atoms with Crippen molar-refractivity contribution in [2.24, 2.45) is 5.92 Å². The maximum absolute atomic E-state index is 12.6. The second-order valence-electron chi connectivity index (χ2n) is 9.04. The smallest absolute Gasteiger partial charge is 0.200 e. The van der Waals surface area contributed by atoms with Crippen LogP contribution in [0.2, 0.25) is 0 Å². The summed E-state index contributed by atoms with van der Waals surface area (Å²) in [6.45, 7) is 8.83. The Kier molecular flexibility index (Phi) is 8.03. The summed E-state index contributed by atoms with van der Waals surface area (Å²) in [6.07, 6.45) is 3.34. The highest BCUT2D eigenvalue weighted by Crippen LogP contribution is 2.25. The number of ketones is 1. The van der Waals surface area contributed by atoms with E-state index in [0.717, 1.165) is 50.6 Å². The second kappa shape index (κ2) is 11.4. The van der Waals surface area contributed by atoms with E-state index in [1.54, 1.807) is 11.8 Å². The van der Waals surface area contributed by atoms with Crippen LogP contribution in [0.3, 0.4) is 0 Å². The number of morpholine rings is 1. The Bertz CT molecular complexity index is 1090. The lowest BCUT2D eigenvalue weighted by atomic mass is 10.1. The summed E-state index contributed by atoms with van der Waals surface area (Å²) in [7, 11) is 1.63. The number of hydrogen-bond donors (Lipinski definition) is 0. The number of benzene rings is 1. The first kappa shape index (κ1) is 24.0. The van der Waals surface area contributed by atoms with Gasteiger partial charge in [0.15, 0.2) is 17.4 Å². The highest BCUT2D eigenvalue weighted by atomic mass is 16.5. The summed E-state index contributed by atoms with van der Waals surface area (Å²) in [4.78, 5) is 24.4. The van der Waals surface area contributed by atoms with Gasteiger partial charge < -0.3 is 9.47 Å². The van der Waals surface area contributed by atoms with Crippen LogP contribution in [-0.4, -0.2) is 70.4 Å². The predicted molar refractivity (Wildman–Crippen MR) is 131 cm³/mol. The number of Topliss-reactive ketones (excluding diaryl/α,β-unsaturated/α-hetero) is 1. The van der Waals surface area contributed by atoms with E-state index >= 15 is 0 Å². The number of aromatic nitrogens is 4. The summed E-state index contributed by atoms with van der Waals surface area (Å²) in [5.74, 6) is 2.29. The molecule has 2 aromatic heterocycles. The SMILES string of the molecule is COc1cccc(-c2nc(-c3ccc(CCN4CCOCC4)cn3)nn2CC(=O)CC(C)C)c1. The Balaban J connectivity index is 1.55. The Morgan fingerprint density at radius 1 is 1.18 bits per heavy atom. The number of methoxy groups -OCH3 is 1. The molecule has 3 aromatic rings. The normalized spacial score (nSPS) is 14.5. The molecular formula is C26H33N5O3. The zero-order valence-electron chi connectivity index (χ0n) is 20.2. The molecular weight excluding hydrogens is 430 g/mol. The third-order valence-electron chi connectivity index (χ3n) is 5.84. The topological polar surface area (TPSA) is 82.4 Å². The van der Waals surface area contributed by atoms with Gasteiger partial charge in [0.05, 0.1) is 20.3 Å². The molecule has 8 heteroatoms. The minimum Gasteiger partial charge on any atom is -0.497 e. The lowest BCUT2D eigenvalue weighted by Gasteiger charge is -2.26. The van der Waals surface area contributed by atoms with E-state index in [1.165, 1.54) is 5.56 Å². The van der Waals surface area contributed by atoms with Crippen molar-refractivity contribution < 1.29 is 14.3 Å². The van der Waals surface area contributed by atoms with Crippen molar-refractivity contribution in [2.75, 3.05) is 40.0 Å². The fraction of sp³-hybridized carbons (Fsp3) is 0.462. The molecule has 0 N–H and O–H groups in total. The van der Waals surface area contributed by atoms with Crippen molar-refractivity contribution in [3.63, 3.8) is 0 Å². The Labute approximate surface area is 200 Å². The number of pyridine rings is 1. The zero-order valence-corrected chi connectivity index (χ0v) is 20.2. The van der Waals surface area contributed by atoms with Crippen molar-refractivity contribution in [1.29, 1.82) is 0 Å². The lowest BCUT2D eigenvalue weighted by molar-refractivity contribution is -0.120. The molecule has 1 aliphatic rings. The van der Waals surface area contributed by atoms with E-state index < -0.39 is 0 Å². The molecule has 1 aromatic carbocycles. The van der Waals surface area contributed by atoms with Gasteiger partial charge in [0.25, 0.3) is 0 Å². The van der Waals surface area contributed by atoms with E-state index in [9.17, 15) is 4.79 Å². The molecule has 0 radical (unpaired) electrons. The molecule has 4 rings (SSSR count).